The molecule has 1 fully saturated rings. The fraction of sp³-hybridized carbons (Fsp3) is 0.625. The third-order valence-corrected chi connectivity index (χ3v) is 6.36. The van der Waals surface area contributed by atoms with Gasteiger partial charge in [0.05, 0.1) is 4.90 Å². The first-order valence-electron chi connectivity index (χ1n) is 7.36. The third kappa shape index (κ3) is 2.40. The van der Waals surface area contributed by atoms with Crippen molar-refractivity contribution in [2.75, 3.05) is 13.3 Å². The second kappa shape index (κ2) is 5.49. The van der Waals surface area contributed by atoms with Crippen LogP contribution in [0.2, 0.25) is 0 Å². The maximum Gasteiger partial charge on any atom is 0.175 e. The summed E-state index contributed by atoms with van der Waals surface area (Å²) in [6.45, 7) is 4.51. The molecule has 1 aromatic carbocycles. The first-order valence-corrected chi connectivity index (χ1v) is 9.25. The van der Waals surface area contributed by atoms with Crippen LogP contribution < -0.4 is 5.32 Å². The molecule has 0 heterocycles. The third-order valence-electron chi connectivity index (χ3n) is 5.23. The maximum absolute atomic E-state index is 11.5. The molecular weight excluding hydrogens is 270 g/mol. The molecule has 0 amide bonds. The highest BCUT2D eigenvalue weighted by atomic mass is 32.2. The number of hydrogen-bond donors (Lipinski definition) is 1. The van der Waals surface area contributed by atoms with E-state index in [1.165, 1.54) is 11.8 Å². The Hall–Kier alpha value is -0.870. The van der Waals surface area contributed by atoms with E-state index in [4.69, 9.17) is 0 Å². The molecule has 20 heavy (non-hydrogen) atoms. The van der Waals surface area contributed by atoms with Crippen LogP contribution in [0.3, 0.4) is 0 Å². The minimum absolute atomic E-state index is 0.307. The van der Waals surface area contributed by atoms with E-state index in [9.17, 15) is 8.42 Å². The molecule has 1 N–H and O–H groups in total. The Balaban J connectivity index is 2.29. The van der Waals surface area contributed by atoms with Crippen molar-refractivity contribution in [3.8, 4) is 0 Å². The van der Waals surface area contributed by atoms with Crippen LogP contribution in [0.25, 0.3) is 0 Å². The summed E-state index contributed by atoms with van der Waals surface area (Å²) in [6.07, 6.45) is 4.68. The van der Waals surface area contributed by atoms with E-state index in [0.717, 1.165) is 19.3 Å². The van der Waals surface area contributed by atoms with Gasteiger partial charge in [0, 0.05) is 12.3 Å². The van der Waals surface area contributed by atoms with Crippen LogP contribution in [0.5, 0.6) is 0 Å². The number of sulfone groups is 1. The fourth-order valence-corrected chi connectivity index (χ4v) is 4.47. The van der Waals surface area contributed by atoms with E-state index in [0.29, 0.717) is 22.3 Å². The van der Waals surface area contributed by atoms with Crippen LogP contribution in [0.4, 0.5) is 0 Å². The Morgan fingerprint density at radius 1 is 1.20 bits per heavy atom. The molecule has 0 aromatic heterocycles. The second-order valence-electron chi connectivity index (χ2n) is 5.91. The van der Waals surface area contributed by atoms with Gasteiger partial charge in [-0.05, 0) is 55.3 Å². The van der Waals surface area contributed by atoms with Crippen LogP contribution in [0.1, 0.15) is 44.6 Å². The number of benzene rings is 1. The van der Waals surface area contributed by atoms with E-state index < -0.39 is 9.84 Å². The summed E-state index contributed by atoms with van der Waals surface area (Å²) in [4.78, 5) is 0.407. The van der Waals surface area contributed by atoms with Gasteiger partial charge in [-0.25, -0.2) is 8.42 Å². The van der Waals surface area contributed by atoms with Crippen LogP contribution in [0.15, 0.2) is 29.2 Å². The van der Waals surface area contributed by atoms with Crippen LogP contribution in [-0.2, 0) is 9.84 Å². The molecular formula is C16H25NO2S. The predicted molar refractivity (Wildman–Crippen MR) is 82.8 cm³/mol. The summed E-state index contributed by atoms with van der Waals surface area (Å²) >= 11 is 0. The van der Waals surface area contributed by atoms with Crippen LogP contribution in [0, 0.1) is 5.41 Å². The van der Waals surface area contributed by atoms with Gasteiger partial charge < -0.3 is 5.32 Å². The summed E-state index contributed by atoms with van der Waals surface area (Å²) in [6, 6.07) is 8.04. The zero-order valence-corrected chi connectivity index (χ0v) is 13.6. The Morgan fingerprint density at radius 2 is 1.75 bits per heavy atom. The van der Waals surface area contributed by atoms with E-state index >= 15 is 0 Å². The quantitative estimate of drug-likeness (QED) is 0.908. The predicted octanol–water partition coefficient (Wildman–Crippen LogP) is 2.97. The van der Waals surface area contributed by atoms with Gasteiger partial charge in [0.2, 0.25) is 0 Å². The summed E-state index contributed by atoms with van der Waals surface area (Å²) < 4.78 is 23.1. The maximum atomic E-state index is 11.5. The Bertz CT molecular complexity index is 559. The lowest BCUT2D eigenvalue weighted by atomic mass is 9.52. The smallest absolute Gasteiger partial charge is 0.175 e. The normalized spacial score (nSPS) is 25.2. The molecule has 1 aromatic rings. The van der Waals surface area contributed by atoms with E-state index in [-0.39, 0.29) is 0 Å². The first kappa shape index (κ1) is 15.5. The standard InChI is InChI=1S/C16H25NO2S/c1-5-16(6-2)14(11-15(16)17-3)12-7-9-13(10-8-12)20(4,18)19/h7-10,14-15,17H,5-6,11H2,1-4H3. The highest BCUT2D eigenvalue weighted by molar-refractivity contribution is 7.90. The molecule has 0 aliphatic heterocycles. The lowest BCUT2D eigenvalue weighted by molar-refractivity contribution is 0.0245. The molecule has 1 aliphatic carbocycles. The molecule has 0 radical (unpaired) electrons. The molecule has 2 rings (SSSR count). The number of hydrogen-bond acceptors (Lipinski definition) is 3. The molecule has 2 unspecified atom stereocenters. The molecule has 0 saturated heterocycles. The van der Waals surface area contributed by atoms with Crippen molar-refractivity contribution in [2.24, 2.45) is 5.41 Å². The number of rotatable bonds is 5. The van der Waals surface area contributed by atoms with Crippen molar-refractivity contribution in [1.82, 2.24) is 5.32 Å². The van der Waals surface area contributed by atoms with Gasteiger partial charge in [-0.15, -0.1) is 0 Å². The molecule has 4 heteroatoms. The molecule has 0 spiro atoms. The van der Waals surface area contributed by atoms with Gasteiger partial charge in [-0.2, -0.15) is 0 Å². The minimum atomic E-state index is -3.10. The molecule has 2 atom stereocenters. The van der Waals surface area contributed by atoms with Gasteiger partial charge >= 0.3 is 0 Å². The average Bonchev–Trinajstić information content (AvgIpc) is 2.39. The zero-order chi connectivity index (χ0) is 15.0. The van der Waals surface area contributed by atoms with Crippen molar-refractivity contribution in [1.29, 1.82) is 0 Å². The summed E-state index contributed by atoms with van der Waals surface area (Å²) in [5.74, 6) is 0.531. The summed E-state index contributed by atoms with van der Waals surface area (Å²) in [5, 5.41) is 3.43. The molecule has 0 bridgehead atoms. The number of nitrogens with one attached hydrogen (secondary N) is 1. The molecule has 1 aliphatic rings. The largest absolute Gasteiger partial charge is 0.316 e. The van der Waals surface area contributed by atoms with Crippen molar-refractivity contribution < 1.29 is 8.42 Å². The fourth-order valence-electron chi connectivity index (χ4n) is 3.84. The minimum Gasteiger partial charge on any atom is -0.316 e. The lowest BCUT2D eigenvalue weighted by Gasteiger charge is -2.56. The van der Waals surface area contributed by atoms with Gasteiger partial charge in [0.15, 0.2) is 9.84 Å². The SMILES string of the molecule is CCC1(CC)C(NC)CC1c1ccc(S(C)(=O)=O)cc1. The van der Waals surface area contributed by atoms with Gasteiger partial charge in [0.1, 0.15) is 0 Å². The van der Waals surface area contributed by atoms with Gasteiger partial charge in [0.25, 0.3) is 0 Å². The van der Waals surface area contributed by atoms with Gasteiger partial charge in [-0.3, -0.25) is 0 Å². The van der Waals surface area contributed by atoms with Crippen molar-refractivity contribution in [3.63, 3.8) is 0 Å². The van der Waals surface area contributed by atoms with E-state index in [2.05, 4.69) is 19.2 Å². The Kier molecular flexibility index (Phi) is 4.26. The van der Waals surface area contributed by atoms with Crippen LogP contribution in [-0.4, -0.2) is 27.8 Å². The van der Waals surface area contributed by atoms with E-state index in [1.807, 2.05) is 19.2 Å². The van der Waals surface area contributed by atoms with Crippen molar-refractivity contribution in [2.45, 2.75) is 50.0 Å². The lowest BCUT2D eigenvalue weighted by Crippen LogP contribution is -2.57. The summed E-state index contributed by atoms with van der Waals surface area (Å²) in [7, 11) is -1.07. The zero-order valence-electron chi connectivity index (χ0n) is 12.8. The topological polar surface area (TPSA) is 46.2 Å². The van der Waals surface area contributed by atoms with Crippen molar-refractivity contribution >= 4 is 9.84 Å². The monoisotopic (exact) mass is 295 g/mol. The summed E-state index contributed by atoms with van der Waals surface area (Å²) in [5.41, 5.74) is 1.58. The molecule has 3 nitrogen and oxygen atoms in total. The van der Waals surface area contributed by atoms with Gasteiger partial charge in [-0.1, -0.05) is 26.0 Å². The Labute approximate surface area is 122 Å². The Morgan fingerprint density at radius 3 is 2.15 bits per heavy atom. The average molecular weight is 295 g/mol. The highest BCUT2D eigenvalue weighted by Crippen LogP contribution is 2.57. The first-order chi connectivity index (χ1) is 9.39. The second-order valence-corrected chi connectivity index (χ2v) is 7.93. The van der Waals surface area contributed by atoms with E-state index in [1.54, 1.807) is 12.1 Å². The molecule has 112 valence electrons. The van der Waals surface area contributed by atoms with Crippen LogP contribution >= 0.6 is 0 Å². The molecule has 1 saturated carbocycles. The van der Waals surface area contributed by atoms with Crippen molar-refractivity contribution in [3.05, 3.63) is 29.8 Å². The highest BCUT2D eigenvalue weighted by Gasteiger charge is 2.52.